The first-order valence-electron chi connectivity index (χ1n) is 7.20. The number of hydrogen-bond donors (Lipinski definition) is 0. The van der Waals surface area contributed by atoms with Crippen LogP contribution in [0.4, 0.5) is 18.9 Å². The molecule has 0 aliphatic heterocycles. The lowest BCUT2D eigenvalue weighted by Gasteiger charge is -2.19. The molecule has 0 aliphatic rings. The summed E-state index contributed by atoms with van der Waals surface area (Å²) in [6, 6.07) is 16.9. The van der Waals surface area contributed by atoms with Gasteiger partial charge in [-0.3, -0.25) is 0 Å². The summed E-state index contributed by atoms with van der Waals surface area (Å²) < 4.78 is 42.1. The molecule has 0 saturated heterocycles. The second kappa shape index (κ2) is 6.35. The summed E-state index contributed by atoms with van der Waals surface area (Å²) in [4.78, 5) is 2.07. The first-order valence-corrected chi connectivity index (χ1v) is 7.20. The summed E-state index contributed by atoms with van der Waals surface area (Å²) in [5, 5.41) is 6.47. The minimum atomic E-state index is -4.64. The number of rotatable bonds is 4. The van der Waals surface area contributed by atoms with Crippen LogP contribution in [0.25, 0.3) is 11.5 Å². The first-order chi connectivity index (χ1) is 11.4. The minimum absolute atomic E-state index is 0.148. The number of hydrogen-bond acceptors (Lipinski definition) is 4. The van der Waals surface area contributed by atoms with Crippen LogP contribution in [0.5, 0.6) is 0 Å². The van der Waals surface area contributed by atoms with Gasteiger partial charge in [0.1, 0.15) is 0 Å². The van der Waals surface area contributed by atoms with Crippen LogP contribution in [0.15, 0.2) is 59.0 Å². The highest BCUT2D eigenvalue weighted by Gasteiger charge is 2.38. The van der Waals surface area contributed by atoms with E-state index in [1.54, 1.807) is 12.1 Å². The van der Waals surface area contributed by atoms with Gasteiger partial charge in [0.15, 0.2) is 0 Å². The van der Waals surface area contributed by atoms with Crippen molar-refractivity contribution in [2.24, 2.45) is 0 Å². The third kappa shape index (κ3) is 3.56. The Morgan fingerprint density at radius 1 is 0.958 bits per heavy atom. The van der Waals surface area contributed by atoms with Crippen LogP contribution in [-0.2, 0) is 12.7 Å². The smallest absolute Gasteiger partial charge is 0.413 e. The molecule has 0 unspecified atom stereocenters. The van der Waals surface area contributed by atoms with Crippen molar-refractivity contribution < 1.29 is 17.6 Å². The van der Waals surface area contributed by atoms with Crippen molar-refractivity contribution in [2.45, 2.75) is 12.7 Å². The average molecular weight is 333 g/mol. The summed E-state index contributed by atoms with van der Waals surface area (Å²) in [5.74, 6) is -1.49. The predicted octanol–water partition coefficient (Wildman–Crippen LogP) is 4.39. The number of halogens is 3. The highest BCUT2D eigenvalue weighted by Crippen LogP contribution is 2.30. The van der Waals surface area contributed by atoms with E-state index in [2.05, 4.69) is 19.5 Å². The monoisotopic (exact) mass is 333 g/mol. The van der Waals surface area contributed by atoms with Crippen LogP contribution in [0.3, 0.4) is 0 Å². The number of nitrogens with zero attached hydrogens (tertiary/aromatic N) is 3. The van der Waals surface area contributed by atoms with Crippen LogP contribution in [0.2, 0.25) is 0 Å². The van der Waals surface area contributed by atoms with Gasteiger partial charge in [0, 0.05) is 24.8 Å². The predicted molar refractivity (Wildman–Crippen MR) is 83.3 cm³/mol. The van der Waals surface area contributed by atoms with Gasteiger partial charge >= 0.3 is 12.1 Å². The molecule has 24 heavy (non-hydrogen) atoms. The molecule has 124 valence electrons. The van der Waals surface area contributed by atoms with Crippen molar-refractivity contribution in [1.82, 2.24) is 10.2 Å². The number of para-hydroxylation sites is 1. The molecule has 1 heterocycles. The molecule has 0 bridgehead atoms. The SMILES string of the molecule is CN(Cc1ccc(-c2nnc(C(F)(F)F)o2)cc1)c1ccccc1. The zero-order chi connectivity index (χ0) is 17.2. The molecule has 0 atom stereocenters. The standard InChI is InChI=1S/C17H14F3N3O/c1-23(14-5-3-2-4-6-14)11-12-7-9-13(10-8-12)15-21-22-16(24-15)17(18,19)20/h2-10H,11H2,1H3. The van der Waals surface area contributed by atoms with E-state index < -0.39 is 12.1 Å². The topological polar surface area (TPSA) is 42.2 Å². The lowest BCUT2D eigenvalue weighted by molar-refractivity contribution is -0.156. The third-order valence-corrected chi connectivity index (χ3v) is 3.49. The van der Waals surface area contributed by atoms with Gasteiger partial charge in [0.05, 0.1) is 0 Å². The normalized spacial score (nSPS) is 11.5. The number of anilines is 1. The molecule has 0 spiro atoms. The van der Waals surface area contributed by atoms with Gasteiger partial charge in [0.2, 0.25) is 5.89 Å². The van der Waals surface area contributed by atoms with Crippen LogP contribution >= 0.6 is 0 Å². The lowest BCUT2D eigenvalue weighted by Crippen LogP contribution is -2.15. The number of aromatic nitrogens is 2. The van der Waals surface area contributed by atoms with Crippen molar-refractivity contribution in [3.05, 3.63) is 66.1 Å². The van der Waals surface area contributed by atoms with E-state index in [0.29, 0.717) is 12.1 Å². The van der Waals surface area contributed by atoms with Crippen molar-refractivity contribution in [1.29, 1.82) is 0 Å². The molecule has 3 rings (SSSR count). The third-order valence-electron chi connectivity index (χ3n) is 3.49. The first kappa shape index (κ1) is 16.0. The molecule has 0 fully saturated rings. The van der Waals surface area contributed by atoms with Gasteiger partial charge in [-0.05, 0) is 29.8 Å². The highest BCUT2D eigenvalue weighted by atomic mass is 19.4. The maximum absolute atomic E-state index is 12.5. The van der Waals surface area contributed by atoms with Crippen molar-refractivity contribution in [3.63, 3.8) is 0 Å². The van der Waals surface area contributed by atoms with E-state index in [1.807, 2.05) is 49.5 Å². The van der Waals surface area contributed by atoms with Gasteiger partial charge in [-0.1, -0.05) is 30.3 Å². The minimum Gasteiger partial charge on any atom is -0.413 e. The molecule has 4 nitrogen and oxygen atoms in total. The molecular weight excluding hydrogens is 319 g/mol. The van der Waals surface area contributed by atoms with Gasteiger partial charge in [0.25, 0.3) is 0 Å². The van der Waals surface area contributed by atoms with Crippen molar-refractivity contribution in [3.8, 4) is 11.5 Å². The van der Waals surface area contributed by atoms with Gasteiger partial charge in [-0.25, -0.2) is 0 Å². The van der Waals surface area contributed by atoms with Crippen LogP contribution in [0.1, 0.15) is 11.5 Å². The molecule has 1 aromatic heterocycles. The van der Waals surface area contributed by atoms with E-state index in [0.717, 1.165) is 11.3 Å². The fraction of sp³-hybridized carbons (Fsp3) is 0.176. The van der Waals surface area contributed by atoms with Gasteiger partial charge in [-0.15, -0.1) is 10.2 Å². The zero-order valence-corrected chi connectivity index (χ0v) is 12.8. The van der Waals surface area contributed by atoms with Crippen LogP contribution in [0, 0.1) is 0 Å². The van der Waals surface area contributed by atoms with Crippen molar-refractivity contribution in [2.75, 3.05) is 11.9 Å². The Morgan fingerprint density at radius 3 is 2.21 bits per heavy atom. The quantitative estimate of drug-likeness (QED) is 0.710. The molecule has 0 radical (unpaired) electrons. The number of benzene rings is 2. The Balaban J connectivity index is 1.73. The van der Waals surface area contributed by atoms with E-state index in [4.69, 9.17) is 0 Å². The van der Waals surface area contributed by atoms with E-state index in [-0.39, 0.29) is 5.89 Å². The molecule has 3 aromatic rings. The van der Waals surface area contributed by atoms with Gasteiger partial charge in [-0.2, -0.15) is 13.2 Å². The molecule has 0 aliphatic carbocycles. The van der Waals surface area contributed by atoms with Gasteiger partial charge < -0.3 is 9.32 Å². The maximum Gasteiger partial charge on any atom is 0.470 e. The fourth-order valence-electron chi connectivity index (χ4n) is 2.25. The molecule has 0 saturated carbocycles. The molecule has 7 heteroatoms. The second-order valence-corrected chi connectivity index (χ2v) is 5.30. The van der Waals surface area contributed by atoms with E-state index >= 15 is 0 Å². The lowest BCUT2D eigenvalue weighted by atomic mass is 10.1. The number of alkyl halides is 3. The Morgan fingerprint density at radius 2 is 1.62 bits per heavy atom. The summed E-state index contributed by atoms with van der Waals surface area (Å²) in [5.41, 5.74) is 2.54. The molecule has 0 amide bonds. The zero-order valence-electron chi connectivity index (χ0n) is 12.8. The second-order valence-electron chi connectivity index (χ2n) is 5.30. The summed E-state index contributed by atoms with van der Waals surface area (Å²) in [7, 11) is 1.97. The summed E-state index contributed by atoms with van der Waals surface area (Å²) in [6.45, 7) is 0.669. The highest BCUT2D eigenvalue weighted by molar-refractivity contribution is 5.53. The Bertz CT molecular complexity index is 798. The molecular formula is C17H14F3N3O. The Hall–Kier alpha value is -2.83. The fourth-order valence-corrected chi connectivity index (χ4v) is 2.25. The average Bonchev–Trinajstić information content (AvgIpc) is 3.07. The van der Waals surface area contributed by atoms with Crippen LogP contribution in [-0.4, -0.2) is 17.2 Å². The Kier molecular flexibility index (Phi) is 4.24. The summed E-state index contributed by atoms with van der Waals surface area (Å²) in [6.07, 6.45) is -4.64. The van der Waals surface area contributed by atoms with Crippen molar-refractivity contribution >= 4 is 5.69 Å². The summed E-state index contributed by atoms with van der Waals surface area (Å²) >= 11 is 0. The molecule has 0 N–H and O–H groups in total. The van der Waals surface area contributed by atoms with E-state index in [9.17, 15) is 13.2 Å². The largest absolute Gasteiger partial charge is 0.470 e. The van der Waals surface area contributed by atoms with E-state index in [1.165, 1.54) is 0 Å². The molecule has 2 aromatic carbocycles. The van der Waals surface area contributed by atoms with Crippen LogP contribution < -0.4 is 4.90 Å². The maximum atomic E-state index is 12.5. The Labute approximate surface area is 136 Å².